The molecule has 0 spiro atoms. The summed E-state index contributed by atoms with van der Waals surface area (Å²) in [5, 5.41) is 10.9. The monoisotopic (exact) mass is 221 g/mol. The number of quaternary nitrogens is 2. The van der Waals surface area contributed by atoms with Crippen LogP contribution in [0.5, 0.6) is 0 Å². The van der Waals surface area contributed by atoms with Crippen molar-refractivity contribution in [2.75, 3.05) is 13.1 Å². The highest BCUT2D eigenvalue weighted by molar-refractivity contribution is 5.74. The molecule has 2 rings (SSSR count). The van der Waals surface area contributed by atoms with E-state index in [9.17, 15) is 9.90 Å². The molecule has 4 nitrogen and oxygen atoms in total. The number of aliphatic carboxylic acids is 1. The quantitative estimate of drug-likeness (QED) is 0.579. The molecule has 0 amide bonds. The smallest absolute Gasteiger partial charge is 0.189 e. The minimum atomic E-state index is -1.02. The summed E-state index contributed by atoms with van der Waals surface area (Å²) >= 11 is 0. The first-order valence-corrected chi connectivity index (χ1v) is 5.54. The number of hydrogen-bond acceptors (Lipinski definition) is 2. The van der Waals surface area contributed by atoms with Crippen molar-refractivity contribution in [1.29, 1.82) is 0 Å². The van der Waals surface area contributed by atoms with Crippen LogP contribution in [-0.2, 0) is 11.3 Å². The molecule has 0 radical (unpaired) electrons. The van der Waals surface area contributed by atoms with Gasteiger partial charge in [-0.25, -0.2) is 0 Å². The largest absolute Gasteiger partial charge is 0.544 e. The van der Waals surface area contributed by atoms with E-state index >= 15 is 0 Å². The minimum Gasteiger partial charge on any atom is -0.544 e. The molecule has 2 atom stereocenters. The van der Waals surface area contributed by atoms with Crippen LogP contribution in [0.3, 0.4) is 0 Å². The van der Waals surface area contributed by atoms with Crippen LogP contribution in [0.15, 0.2) is 30.3 Å². The molecule has 16 heavy (non-hydrogen) atoms. The Morgan fingerprint density at radius 1 is 1.44 bits per heavy atom. The Balaban J connectivity index is 1.98. The number of nitrogens with one attached hydrogen (secondary N) is 1. The predicted octanol–water partition coefficient (Wildman–Crippen LogP) is -2.79. The Labute approximate surface area is 94.7 Å². The van der Waals surface area contributed by atoms with Crippen molar-refractivity contribution >= 4 is 5.97 Å². The molecule has 1 heterocycles. The summed E-state index contributed by atoms with van der Waals surface area (Å²) in [6, 6.07) is 10.1. The van der Waals surface area contributed by atoms with E-state index in [1.54, 1.807) is 0 Å². The number of carboxylic acid groups (broad SMARTS) is 1. The molecule has 0 bridgehead atoms. The molecule has 1 fully saturated rings. The van der Waals surface area contributed by atoms with Crippen LogP contribution in [0.2, 0.25) is 0 Å². The molecule has 4 heteroatoms. The van der Waals surface area contributed by atoms with E-state index in [4.69, 9.17) is 0 Å². The third-order valence-electron chi connectivity index (χ3n) is 3.28. The van der Waals surface area contributed by atoms with Crippen LogP contribution in [-0.4, -0.2) is 24.6 Å². The van der Waals surface area contributed by atoms with Gasteiger partial charge in [-0.3, -0.25) is 0 Å². The molecule has 0 saturated carbocycles. The molecule has 4 N–H and O–H groups in total. The Morgan fingerprint density at radius 3 is 2.69 bits per heavy atom. The second-order valence-electron chi connectivity index (χ2n) is 4.66. The van der Waals surface area contributed by atoms with Crippen LogP contribution >= 0.6 is 0 Å². The average molecular weight is 221 g/mol. The van der Waals surface area contributed by atoms with Gasteiger partial charge in [-0.1, -0.05) is 30.3 Å². The molecular formula is C12H17N2O2+. The highest BCUT2D eigenvalue weighted by atomic mass is 16.4. The van der Waals surface area contributed by atoms with Crippen LogP contribution in [0.1, 0.15) is 12.0 Å². The van der Waals surface area contributed by atoms with Crippen LogP contribution < -0.4 is 15.7 Å². The summed E-state index contributed by atoms with van der Waals surface area (Å²) in [5.74, 6) is -1.02. The van der Waals surface area contributed by atoms with Gasteiger partial charge >= 0.3 is 0 Å². The lowest BCUT2D eigenvalue weighted by Gasteiger charge is -2.19. The van der Waals surface area contributed by atoms with E-state index in [0.29, 0.717) is 13.0 Å². The summed E-state index contributed by atoms with van der Waals surface area (Å²) in [7, 11) is 0. The first kappa shape index (κ1) is 11.1. The standard InChI is InChI=1S/C12H16N2O2/c13-12(11(15)16)6-7-14(9-12)8-10-4-2-1-3-5-10/h1-5H,6-9,13H2,(H,15,16)/p+1/t12-/m0/s1. The summed E-state index contributed by atoms with van der Waals surface area (Å²) in [6.45, 7) is 2.28. The number of carboxylic acids is 1. The Kier molecular flexibility index (Phi) is 2.94. The van der Waals surface area contributed by atoms with Crippen molar-refractivity contribution in [3.05, 3.63) is 35.9 Å². The van der Waals surface area contributed by atoms with Gasteiger partial charge in [-0.15, -0.1) is 0 Å². The van der Waals surface area contributed by atoms with Gasteiger partial charge in [0.2, 0.25) is 0 Å². The fraction of sp³-hybridized carbons (Fsp3) is 0.417. The van der Waals surface area contributed by atoms with Gasteiger partial charge in [0.15, 0.2) is 5.54 Å². The third kappa shape index (κ3) is 2.23. The average Bonchev–Trinajstić information content (AvgIpc) is 2.63. The number of benzene rings is 1. The van der Waals surface area contributed by atoms with Gasteiger partial charge in [0.05, 0.1) is 13.0 Å². The number of carbonyl (C=O) groups excluding carboxylic acids is 1. The fourth-order valence-corrected chi connectivity index (χ4v) is 2.28. The van der Waals surface area contributed by atoms with E-state index in [2.05, 4.69) is 17.9 Å². The van der Waals surface area contributed by atoms with Crippen molar-refractivity contribution in [3.63, 3.8) is 0 Å². The number of likely N-dealkylation sites (tertiary alicyclic amines) is 1. The van der Waals surface area contributed by atoms with E-state index < -0.39 is 11.5 Å². The molecule has 1 unspecified atom stereocenters. The Bertz CT molecular complexity index is 380. The maximum Gasteiger partial charge on any atom is 0.189 e. The molecule has 0 aromatic heterocycles. The topological polar surface area (TPSA) is 72.2 Å². The van der Waals surface area contributed by atoms with Gasteiger partial charge in [0, 0.05) is 5.56 Å². The zero-order valence-corrected chi connectivity index (χ0v) is 9.24. The predicted molar refractivity (Wildman–Crippen MR) is 56.1 cm³/mol. The molecule has 1 aromatic rings. The second kappa shape index (κ2) is 4.23. The first-order chi connectivity index (χ1) is 7.60. The highest BCUT2D eigenvalue weighted by Gasteiger charge is 2.43. The molecule has 1 aliphatic heterocycles. The maximum atomic E-state index is 10.9. The number of hydrogen-bond donors (Lipinski definition) is 2. The summed E-state index contributed by atoms with van der Waals surface area (Å²) in [5.41, 5.74) is 4.13. The van der Waals surface area contributed by atoms with Crippen LogP contribution in [0.4, 0.5) is 0 Å². The van der Waals surface area contributed by atoms with Crippen molar-refractivity contribution < 1.29 is 20.5 Å². The lowest BCUT2D eigenvalue weighted by molar-refractivity contribution is -0.907. The SMILES string of the molecule is [NH3+][C@@]1(C(=O)[O-])CC[NH+](Cc2ccccc2)C1. The van der Waals surface area contributed by atoms with Gasteiger partial charge in [0.25, 0.3) is 0 Å². The molecule has 0 aliphatic carbocycles. The third-order valence-corrected chi connectivity index (χ3v) is 3.28. The minimum absolute atomic E-state index is 0.560. The van der Waals surface area contributed by atoms with Crippen LogP contribution in [0.25, 0.3) is 0 Å². The molecule has 1 saturated heterocycles. The van der Waals surface area contributed by atoms with E-state index in [0.717, 1.165) is 13.1 Å². The zero-order chi connectivity index (χ0) is 11.6. The molecule has 1 aliphatic rings. The van der Waals surface area contributed by atoms with E-state index in [1.807, 2.05) is 18.2 Å². The van der Waals surface area contributed by atoms with E-state index in [-0.39, 0.29) is 0 Å². The zero-order valence-electron chi connectivity index (χ0n) is 9.24. The normalized spacial score (nSPS) is 29.2. The lowest BCUT2D eigenvalue weighted by Crippen LogP contribution is -3.11. The highest BCUT2D eigenvalue weighted by Crippen LogP contribution is 2.05. The van der Waals surface area contributed by atoms with E-state index in [1.165, 1.54) is 10.5 Å². The first-order valence-electron chi connectivity index (χ1n) is 5.54. The van der Waals surface area contributed by atoms with Crippen molar-refractivity contribution in [2.24, 2.45) is 0 Å². The van der Waals surface area contributed by atoms with Gasteiger partial charge < -0.3 is 20.5 Å². The number of carbonyl (C=O) groups is 1. The van der Waals surface area contributed by atoms with Gasteiger partial charge in [-0.2, -0.15) is 0 Å². The van der Waals surface area contributed by atoms with Crippen LogP contribution in [0, 0.1) is 0 Å². The molecule has 1 aromatic carbocycles. The summed E-state index contributed by atoms with van der Waals surface area (Å²) < 4.78 is 0. The second-order valence-corrected chi connectivity index (χ2v) is 4.66. The lowest BCUT2D eigenvalue weighted by atomic mass is 10.0. The molecule has 86 valence electrons. The Morgan fingerprint density at radius 2 is 2.12 bits per heavy atom. The Hall–Kier alpha value is -1.39. The molecular weight excluding hydrogens is 204 g/mol. The van der Waals surface area contributed by atoms with Crippen molar-refractivity contribution in [2.45, 2.75) is 18.5 Å². The van der Waals surface area contributed by atoms with Crippen molar-refractivity contribution in [1.82, 2.24) is 0 Å². The number of rotatable bonds is 3. The van der Waals surface area contributed by atoms with Crippen molar-refractivity contribution in [3.8, 4) is 0 Å². The fourth-order valence-electron chi connectivity index (χ4n) is 2.28. The van der Waals surface area contributed by atoms with Gasteiger partial charge in [-0.05, 0) is 0 Å². The maximum absolute atomic E-state index is 10.9. The summed E-state index contributed by atoms with van der Waals surface area (Å²) in [4.78, 5) is 12.2. The van der Waals surface area contributed by atoms with Gasteiger partial charge in [0.1, 0.15) is 19.1 Å². The summed E-state index contributed by atoms with van der Waals surface area (Å²) in [6.07, 6.45) is 0.609.